The number of rotatable bonds is 4. The number of nitrogens with zero attached hydrogens (tertiary/aromatic N) is 1. The van der Waals surface area contributed by atoms with E-state index in [2.05, 4.69) is 10.2 Å². The van der Waals surface area contributed by atoms with E-state index in [0.29, 0.717) is 16.5 Å². The molecule has 5 heteroatoms. The van der Waals surface area contributed by atoms with Gasteiger partial charge in [0.15, 0.2) is 0 Å². The molecule has 1 aliphatic rings. The molecule has 0 unspecified atom stereocenters. The largest absolute Gasteiger partial charge is 0.396 e. The van der Waals surface area contributed by atoms with Gasteiger partial charge in [-0.25, -0.2) is 0 Å². The summed E-state index contributed by atoms with van der Waals surface area (Å²) in [5.74, 6) is 0. The number of piperazine rings is 1. The fourth-order valence-electron chi connectivity index (χ4n) is 2.43. The zero-order valence-electron chi connectivity index (χ0n) is 10.2. The second-order valence-corrected chi connectivity index (χ2v) is 5.24. The molecule has 0 saturated carbocycles. The van der Waals surface area contributed by atoms with Gasteiger partial charge in [0, 0.05) is 38.8 Å². The molecule has 2 N–H and O–H groups in total. The Morgan fingerprint density at radius 3 is 2.67 bits per heavy atom. The summed E-state index contributed by atoms with van der Waals surface area (Å²) >= 11 is 12.4. The maximum atomic E-state index is 9.27. The lowest BCUT2D eigenvalue weighted by molar-refractivity contribution is 0.141. The van der Waals surface area contributed by atoms with Crippen LogP contribution in [0.4, 0.5) is 0 Å². The summed E-state index contributed by atoms with van der Waals surface area (Å²) in [5.41, 5.74) is 1.01. The monoisotopic (exact) mass is 288 g/mol. The second kappa shape index (κ2) is 6.73. The molecule has 0 aliphatic carbocycles. The van der Waals surface area contributed by atoms with E-state index >= 15 is 0 Å². The molecule has 0 radical (unpaired) electrons. The van der Waals surface area contributed by atoms with E-state index in [0.717, 1.165) is 31.7 Å². The number of aliphatic hydroxyl groups excluding tert-OH is 1. The van der Waals surface area contributed by atoms with Crippen molar-refractivity contribution in [3.05, 3.63) is 33.8 Å². The molecular weight excluding hydrogens is 271 g/mol. The number of aliphatic hydroxyl groups is 1. The van der Waals surface area contributed by atoms with Gasteiger partial charge in [-0.2, -0.15) is 0 Å². The molecule has 18 heavy (non-hydrogen) atoms. The molecule has 1 atom stereocenters. The average Bonchev–Trinajstić information content (AvgIpc) is 2.41. The van der Waals surface area contributed by atoms with Crippen LogP contribution in [0.2, 0.25) is 10.0 Å². The third kappa shape index (κ3) is 3.16. The summed E-state index contributed by atoms with van der Waals surface area (Å²) in [6.07, 6.45) is 0.681. The third-order valence-corrected chi connectivity index (χ3v) is 4.17. The summed E-state index contributed by atoms with van der Waals surface area (Å²) in [6.45, 7) is 4.03. The first-order valence-corrected chi connectivity index (χ1v) is 6.99. The SMILES string of the molecule is OCC[C@@H](c1cccc(Cl)c1Cl)N1CCNCC1. The molecule has 1 heterocycles. The van der Waals surface area contributed by atoms with E-state index in [1.165, 1.54) is 0 Å². The Morgan fingerprint density at radius 2 is 2.00 bits per heavy atom. The molecule has 1 fully saturated rings. The Labute approximate surface area is 118 Å². The number of nitrogens with one attached hydrogen (secondary N) is 1. The van der Waals surface area contributed by atoms with Crippen molar-refractivity contribution in [2.45, 2.75) is 12.5 Å². The van der Waals surface area contributed by atoms with Crippen LogP contribution in [-0.2, 0) is 0 Å². The summed E-state index contributed by atoms with van der Waals surface area (Å²) in [5, 5.41) is 13.8. The minimum Gasteiger partial charge on any atom is -0.396 e. The first kappa shape index (κ1) is 14.1. The summed E-state index contributed by atoms with van der Waals surface area (Å²) < 4.78 is 0. The van der Waals surface area contributed by atoms with Crippen LogP contribution in [0.3, 0.4) is 0 Å². The maximum absolute atomic E-state index is 9.27. The molecule has 3 nitrogen and oxygen atoms in total. The van der Waals surface area contributed by atoms with E-state index in [-0.39, 0.29) is 12.6 Å². The number of halogens is 2. The van der Waals surface area contributed by atoms with Crippen LogP contribution in [0, 0.1) is 0 Å². The minimum atomic E-state index is 0.142. The van der Waals surface area contributed by atoms with Gasteiger partial charge in [-0.05, 0) is 18.1 Å². The van der Waals surface area contributed by atoms with E-state index in [4.69, 9.17) is 23.2 Å². The van der Waals surface area contributed by atoms with Gasteiger partial charge >= 0.3 is 0 Å². The molecule has 1 aliphatic heterocycles. The summed E-state index contributed by atoms with van der Waals surface area (Å²) in [6, 6.07) is 5.84. The fraction of sp³-hybridized carbons (Fsp3) is 0.538. The van der Waals surface area contributed by atoms with Gasteiger partial charge in [-0.15, -0.1) is 0 Å². The summed E-state index contributed by atoms with van der Waals surface area (Å²) in [4.78, 5) is 2.35. The summed E-state index contributed by atoms with van der Waals surface area (Å²) in [7, 11) is 0. The van der Waals surface area contributed by atoms with E-state index in [1.54, 1.807) is 6.07 Å². The van der Waals surface area contributed by atoms with Crippen molar-refractivity contribution >= 4 is 23.2 Å². The van der Waals surface area contributed by atoms with Crippen LogP contribution in [0.5, 0.6) is 0 Å². The lowest BCUT2D eigenvalue weighted by Crippen LogP contribution is -2.45. The first-order valence-electron chi connectivity index (χ1n) is 6.23. The van der Waals surface area contributed by atoms with Crippen molar-refractivity contribution in [2.75, 3.05) is 32.8 Å². The standard InChI is InChI=1S/C13H18Cl2N2O/c14-11-3-1-2-10(13(11)15)12(4-9-18)17-7-5-16-6-8-17/h1-3,12,16,18H,4-9H2/t12-/m0/s1. The zero-order chi connectivity index (χ0) is 13.0. The Bertz CT molecular complexity index is 395. The Balaban J connectivity index is 2.25. The van der Waals surface area contributed by atoms with Crippen LogP contribution < -0.4 is 5.32 Å². The van der Waals surface area contributed by atoms with Crippen molar-refractivity contribution in [1.29, 1.82) is 0 Å². The lowest BCUT2D eigenvalue weighted by Gasteiger charge is -2.35. The zero-order valence-corrected chi connectivity index (χ0v) is 11.7. The first-order chi connectivity index (χ1) is 8.74. The van der Waals surface area contributed by atoms with Crippen LogP contribution in [0.25, 0.3) is 0 Å². The fourth-order valence-corrected chi connectivity index (χ4v) is 2.86. The Morgan fingerprint density at radius 1 is 1.28 bits per heavy atom. The number of hydrogen-bond acceptors (Lipinski definition) is 3. The molecule has 0 bridgehead atoms. The van der Waals surface area contributed by atoms with E-state index in [9.17, 15) is 5.11 Å². The molecule has 100 valence electrons. The molecule has 2 rings (SSSR count). The van der Waals surface area contributed by atoms with Gasteiger partial charge in [0.1, 0.15) is 0 Å². The molecular formula is C13H18Cl2N2O. The molecule has 1 aromatic rings. The molecule has 1 saturated heterocycles. The topological polar surface area (TPSA) is 35.5 Å². The van der Waals surface area contributed by atoms with Crippen molar-refractivity contribution in [1.82, 2.24) is 10.2 Å². The molecule has 0 amide bonds. The van der Waals surface area contributed by atoms with Gasteiger partial charge in [0.25, 0.3) is 0 Å². The normalized spacial score (nSPS) is 18.8. The lowest BCUT2D eigenvalue weighted by atomic mass is 10.0. The number of hydrogen-bond donors (Lipinski definition) is 2. The molecule has 0 aromatic heterocycles. The van der Waals surface area contributed by atoms with Gasteiger partial charge in [-0.1, -0.05) is 35.3 Å². The predicted octanol–water partition coefficient (Wildman–Crippen LogP) is 2.32. The van der Waals surface area contributed by atoms with Gasteiger partial charge in [0.2, 0.25) is 0 Å². The van der Waals surface area contributed by atoms with Gasteiger partial charge in [-0.3, -0.25) is 4.90 Å². The highest BCUT2D eigenvalue weighted by Gasteiger charge is 2.24. The van der Waals surface area contributed by atoms with Crippen molar-refractivity contribution in [3.63, 3.8) is 0 Å². The number of benzene rings is 1. The molecule has 1 aromatic carbocycles. The highest BCUT2D eigenvalue weighted by Crippen LogP contribution is 2.34. The van der Waals surface area contributed by atoms with Crippen LogP contribution in [0.1, 0.15) is 18.0 Å². The van der Waals surface area contributed by atoms with Crippen LogP contribution in [-0.4, -0.2) is 42.8 Å². The van der Waals surface area contributed by atoms with Crippen molar-refractivity contribution in [3.8, 4) is 0 Å². The quantitative estimate of drug-likeness (QED) is 0.893. The van der Waals surface area contributed by atoms with Crippen molar-refractivity contribution < 1.29 is 5.11 Å². The molecule has 0 spiro atoms. The van der Waals surface area contributed by atoms with Gasteiger partial charge in [0.05, 0.1) is 10.0 Å². The van der Waals surface area contributed by atoms with Gasteiger partial charge < -0.3 is 10.4 Å². The van der Waals surface area contributed by atoms with E-state index < -0.39 is 0 Å². The highest BCUT2D eigenvalue weighted by molar-refractivity contribution is 6.42. The van der Waals surface area contributed by atoms with Crippen molar-refractivity contribution in [2.24, 2.45) is 0 Å². The smallest absolute Gasteiger partial charge is 0.0640 e. The maximum Gasteiger partial charge on any atom is 0.0640 e. The Hall–Kier alpha value is -0.320. The average molecular weight is 289 g/mol. The second-order valence-electron chi connectivity index (χ2n) is 4.46. The third-order valence-electron chi connectivity index (χ3n) is 3.34. The van der Waals surface area contributed by atoms with Crippen LogP contribution >= 0.6 is 23.2 Å². The van der Waals surface area contributed by atoms with Crippen LogP contribution in [0.15, 0.2) is 18.2 Å². The minimum absolute atomic E-state index is 0.142. The Kier molecular flexibility index (Phi) is 5.27. The predicted molar refractivity (Wildman–Crippen MR) is 75.3 cm³/mol. The highest BCUT2D eigenvalue weighted by atomic mass is 35.5. The van der Waals surface area contributed by atoms with E-state index in [1.807, 2.05) is 12.1 Å².